The van der Waals surface area contributed by atoms with E-state index in [0.29, 0.717) is 22.6 Å². The van der Waals surface area contributed by atoms with Gasteiger partial charge in [0.25, 0.3) is 0 Å². The fourth-order valence-electron chi connectivity index (χ4n) is 2.80. The van der Waals surface area contributed by atoms with Gasteiger partial charge < -0.3 is 9.26 Å². The monoisotopic (exact) mass is 321 g/mol. The molecule has 1 N–H and O–H groups in total. The van der Waals surface area contributed by atoms with Gasteiger partial charge in [-0.15, -0.1) is 0 Å². The van der Waals surface area contributed by atoms with Crippen LogP contribution in [0.25, 0.3) is 33.7 Å². The predicted octanol–water partition coefficient (Wildman–Crippen LogP) is 3.30. The number of hydrogen-bond acceptors (Lipinski definition) is 6. The number of rotatable bonds is 3. The quantitative estimate of drug-likeness (QED) is 0.622. The average Bonchev–Trinajstić information content (AvgIpc) is 3.17. The molecule has 7 nitrogen and oxygen atoms in total. The third-order valence-corrected chi connectivity index (χ3v) is 3.93. The van der Waals surface area contributed by atoms with Gasteiger partial charge in [-0.2, -0.15) is 5.10 Å². The summed E-state index contributed by atoms with van der Waals surface area (Å²) in [5.74, 6) is 1.45. The molecule has 0 amide bonds. The summed E-state index contributed by atoms with van der Waals surface area (Å²) >= 11 is 0. The number of methoxy groups -OCH3 is 1. The maximum atomic E-state index is 5.44. The van der Waals surface area contributed by atoms with E-state index in [-0.39, 0.29) is 0 Å². The molecule has 0 aliphatic heterocycles. The summed E-state index contributed by atoms with van der Waals surface area (Å²) in [6.45, 7) is 3.74. The zero-order valence-corrected chi connectivity index (χ0v) is 13.5. The molecule has 0 saturated carbocycles. The molecule has 0 bridgehead atoms. The number of H-pyrrole nitrogens is 1. The van der Waals surface area contributed by atoms with Gasteiger partial charge in [0.05, 0.1) is 36.0 Å². The minimum Gasteiger partial charge on any atom is -0.496 e. The van der Waals surface area contributed by atoms with Crippen molar-refractivity contribution < 1.29 is 9.26 Å². The molecule has 1 aromatic carbocycles. The third-order valence-electron chi connectivity index (χ3n) is 3.93. The Hall–Kier alpha value is -3.22. The van der Waals surface area contributed by atoms with Crippen molar-refractivity contribution in [3.8, 4) is 28.3 Å². The zero-order chi connectivity index (χ0) is 16.7. The standard InChI is InChI=1S/C17H15N5O2/c1-9-14(10(2)24-22-9)12-8-18-17-16(19-12)15(20-21-17)11-6-4-5-7-13(11)23-3/h4-8H,1-3H3,(H,18,20,21). The number of aromatic nitrogens is 5. The fourth-order valence-corrected chi connectivity index (χ4v) is 2.80. The lowest BCUT2D eigenvalue weighted by Gasteiger charge is -2.06. The van der Waals surface area contributed by atoms with E-state index < -0.39 is 0 Å². The summed E-state index contributed by atoms with van der Waals surface area (Å²) in [5.41, 5.74) is 5.22. The maximum absolute atomic E-state index is 5.44. The zero-order valence-electron chi connectivity index (χ0n) is 13.5. The van der Waals surface area contributed by atoms with E-state index in [9.17, 15) is 0 Å². The first-order valence-corrected chi connectivity index (χ1v) is 7.46. The number of nitrogens with zero attached hydrogens (tertiary/aromatic N) is 4. The van der Waals surface area contributed by atoms with Crippen LogP contribution in [0.2, 0.25) is 0 Å². The molecule has 0 aliphatic carbocycles. The normalized spacial score (nSPS) is 11.1. The van der Waals surface area contributed by atoms with Gasteiger partial charge >= 0.3 is 0 Å². The minimum absolute atomic E-state index is 0.548. The van der Waals surface area contributed by atoms with Crippen molar-refractivity contribution in [3.05, 3.63) is 41.9 Å². The van der Waals surface area contributed by atoms with Crippen LogP contribution in [0.15, 0.2) is 35.0 Å². The van der Waals surface area contributed by atoms with E-state index in [0.717, 1.165) is 28.3 Å². The minimum atomic E-state index is 0.548. The molecule has 0 unspecified atom stereocenters. The van der Waals surface area contributed by atoms with E-state index in [1.807, 2.05) is 38.1 Å². The van der Waals surface area contributed by atoms with Crippen LogP contribution in [-0.2, 0) is 0 Å². The Morgan fingerprint density at radius 1 is 1.17 bits per heavy atom. The van der Waals surface area contributed by atoms with Crippen molar-refractivity contribution in [2.24, 2.45) is 0 Å². The van der Waals surface area contributed by atoms with Gasteiger partial charge in [0.2, 0.25) is 0 Å². The Labute approximate surface area is 137 Å². The van der Waals surface area contributed by atoms with Crippen molar-refractivity contribution >= 4 is 11.2 Å². The van der Waals surface area contributed by atoms with E-state index in [4.69, 9.17) is 14.2 Å². The van der Waals surface area contributed by atoms with Crippen LogP contribution in [0.1, 0.15) is 11.5 Å². The van der Waals surface area contributed by atoms with Crippen LogP contribution in [0, 0.1) is 13.8 Å². The lowest BCUT2D eigenvalue weighted by molar-refractivity contribution is 0.393. The molecular formula is C17H15N5O2. The second kappa shape index (κ2) is 5.45. The number of ether oxygens (including phenoxy) is 1. The lowest BCUT2D eigenvalue weighted by Crippen LogP contribution is -1.92. The van der Waals surface area contributed by atoms with Crippen molar-refractivity contribution in [1.29, 1.82) is 0 Å². The van der Waals surface area contributed by atoms with Crippen molar-refractivity contribution in [1.82, 2.24) is 25.3 Å². The Bertz CT molecular complexity index is 1020. The molecule has 3 heterocycles. The molecule has 4 rings (SSSR count). The second-order valence-corrected chi connectivity index (χ2v) is 5.43. The summed E-state index contributed by atoms with van der Waals surface area (Å²) in [4.78, 5) is 9.15. The summed E-state index contributed by atoms with van der Waals surface area (Å²) in [7, 11) is 1.64. The molecular weight excluding hydrogens is 306 g/mol. The first-order chi connectivity index (χ1) is 11.7. The molecule has 24 heavy (non-hydrogen) atoms. The van der Waals surface area contributed by atoms with Crippen LogP contribution in [0.3, 0.4) is 0 Å². The molecule has 0 radical (unpaired) electrons. The Balaban J connectivity index is 1.94. The molecule has 0 spiro atoms. The molecule has 0 aliphatic rings. The highest BCUT2D eigenvalue weighted by Crippen LogP contribution is 2.33. The lowest BCUT2D eigenvalue weighted by atomic mass is 10.1. The summed E-state index contributed by atoms with van der Waals surface area (Å²) in [6, 6.07) is 7.71. The van der Waals surface area contributed by atoms with Crippen LogP contribution < -0.4 is 4.74 Å². The molecule has 0 atom stereocenters. The highest BCUT2D eigenvalue weighted by Gasteiger charge is 2.18. The predicted molar refractivity (Wildman–Crippen MR) is 88.6 cm³/mol. The van der Waals surface area contributed by atoms with E-state index in [1.165, 1.54) is 0 Å². The number of para-hydroxylation sites is 1. The topological polar surface area (TPSA) is 89.7 Å². The van der Waals surface area contributed by atoms with E-state index >= 15 is 0 Å². The van der Waals surface area contributed by atoms with Gasteiger partial charge in [-0.1, -0.05) is 17.3 Å². The van der Waals surface area contributed by atoms with Gasteiger partial charge in [0.1, 0.15) is 17.0 Å². The Kier molecular flexibility index (Phi) is 3.26. The maximum Gasteiger partial charge on any atom is 0.200 e. The van der Waals surface area contributed by atoms with Gasteiger partial charge in [0, 0.05) is 5.56 Å². The van der Waals surface area contributed by atoms with E-state index in [2.05, 4.69) is 20.3 Å². The van der Waals surface area contributed by atoms with Crippen LogP contribution in [-0.4, -0.2) is 32.4 Å². The third kappa shape index (κ3) is 2.13. The van der Waals surface area contributed by atoms with Crippen LogP contribution >= 0.6 is 0 Å². The van der Waals surface area contributed by atoms with Crippen molar-refractivity contribution in [2.75, 3.05) is 7.11 Å². The average molecular weight is 321 g/mol. The molecule has 3 aromatic heterocycles. The smallest absolute Gasteiger partial charge is 0.200 e. The largest absolute Gasteiger partial charge is 0.496 e. The van der Waals surface area contributed by atoms with Gasteiger partial charge in [-0.05, 0) is 26.0 Å². The van der Waals surface area contributed by atoms with Crippen molar-refractivity contribution in [3.63, 3.8) is 0 Å². The number of hydrogen-bond donors (Lipinski definition) is 1. The number of fused-ring (bicyclic) bond motifs is 1. The van der Waals surface area contributed by atoms with Crippen LogP contribution in [0.5, 0.6) is 5.75 Å². The van der Waals surface area contributed by atoms with Crippen LogP contribution in [0.4, 0.5) is 0 Å². The molecule has 0 saturated heterocycles. The van der Waals surface area contributed by atoms with Gasteiger partial charge in [-0.25, -0.2) is 9.97 Å². The first-order valence-electron chi connectivity index (χ1n) is 7.46. The molecule has 4 aromatic rings. The number of nitrogens with one attached hydrogen (secondary N) is 1. The highest BCUT2D eigenvalue weighted by molar-refractivity contribution is 5.90. The number of aryl methyl sites for hydroxylation is 2. The van der Waals surface area contributed by atoms with E-state index in [1.54, 1.807) is 13.3 Å². The number of aromatic amines is 1. The number of benzene rings is 1. The fraction of sp³-hybridized carbons (Fsp3) is 0.176. The Morgan fingerprint density at radius 3 is 2.75 bits per heavy atom. The molecule has 120 valence electrons. The summed E-state index contributed by atoms with van der Waals surface area (Å²) < 4.78 is 10.7. The molecule has 0 fully saturated rings. The van der Waals surface area contributed by atoms with Gasteiger partial charge in [0.15, 0.2) is 5.65 Å². The molecule has 7 heteroatoms. The second-order valence-electron chi connectivity index (χ2n) is 5.43. The summed E-state index contributed by atoms with van der Waals surface area (Å²) in [5, 5.41) is 11.2. The first kappa shape index (κ1) is 14.4. The van der Waals surface area contributed by atoms with Gasteiger partial charge in [-0.3, -0.25) is 5.10 Å². The SMILES string of the molecule is COc1ccccc1-c1[nH]nc2ncc(-c3c(C)noc3C)nc12. The van der Waals surface area contributed by atoms with Crippen molar-refractivity contribution in [2.45, 2.75) is 13.8 Å². The Morgan fingerprint density at radius 2 is 2.00 bits per heavy atom. The summed E-state index contributed by atoms with van der Waals surface area (Å²) in [6.07, 6.45) is 1.68. The highest BCUT2D eigenvalue weighted by atomic mass is 16.5.